The fraction of sp³-hybridized carbons (Fsp3) is 0.276. The van der Waals surface area contributed by atoms with Crippen molar-refractivity contribution in [2.45, 2.75) is 44.7 Å². The lowest BCUT2D eigenvalue weighted by atomic mass is 9.93. The van der Waals surface area contributed by atoms with Gasteiger partial charge in [-0.05, 0) is 60.4 Å². The lowest BCUT2D eigenvalue weighted by Crippen LogP contribution is -2.44. The lowest BCUT2D eigenvalue weighted by Gasteiger charge is -2.35. The van der Waals surface area contributed by atoms with Crippen LogP contribution in [0.3, 0.4) is 0 Å². The number of carbonyl (C=O) groups is 2. The minimum absolute atomic E-state index is 0.0389. The van der Waals surface area contributed by atoms with Gasteiger partial charge in [0, 0.05) is 30.5 Å². The zero-order valence-electron chi connectivity index (χ0n) is 20.4. The number of amides is 2. The third-order valence-electron chi connectivity index (χ3n) is 6.38. The van der Waals surface area contributed by atoms with Crippen LogP contribution in [0.5, 0.6) is 11.5 Å². The Kier molecular flexibility index (Phi) is 8.34. The standard InChI is InChI=1S/C29H31N3O4/c1-36-27-18-22(14-15-26(27)33)20-32(24-12-6-3-7-13-24)29(35)25(17-21-9-8-16-30-19-21)31-28(34)23-10-4-2-5-11-23/h2,4-5,8-11,14-19,24,33H,3,6-7,12-13,20H2,1H3,(H,31,34). The van der Waals surface area contributed by atoms with Crippen LogP contribution in [0.2, 0.25) is 0 Å². The second-order valence-corrected chi connectivity index (χ2v) is 8.90. The summed E-state index contributed by atoms with van der Waals surface area (Å²) in [6.45, 7) is 0.325. The first-order chi connectivity index (χ1) is 17.5. The quantitative estimate of drug-likeness (QED) is 0.442. The van der Waals surface area contributed by atoms with Gasteiger partial charge in [0.25, 0.3) is 11.8 Å². The van der Waals surface area contributed by atoms with E-state index in [0.29, 0.717) is 23.4 Å². The Balaban J connectivity index is 1.69. The summed E-state index contributed by atoms with van der Waals surface area (Å²) >= 11 is 0. The van der Waals surface area contributed by atoms with Crippen molar-refractivity contribution >= 4 is 17.9 Å². The molecular weight excluding hydrogens is 454 g/mol. The molecular formula is C29H31N3O4. The Labute approximate surface area is 211 Å². The molecule has 1 aliphatic carbocycles. The molecule has 186 valence electrons. The Bertz CT molecular complexity index is 1210. The predicted molar refractivity (Wildman–Crippen MR) is 138 cm³/mol. The van der Waals surface area contributed by atoms with Crippen LogP contribution in [-0.2, 0) is 11.3 Å². The molecule has 0 aliphatic heterocycles. The molecule has 0 saturated heterocycles. The number of aromatic hydroxyl groups is 1. The molecule has 2 amide bonds. The van der Waals surface area contributed by atoms with Gasteiger partial charge in [-0.3, -0.25) is 14.6 Å². The molecule has 1 heterocycles. The van der Waals surface area contributed by atoms with E-state index in [1.54, 1.807) is 67.0 Å². The molecule has 36 heavy (non-hydrogen) atoms. The van der Waals surface area contributed by atoms with Crippen LogP contribution in [0.4, 0.5) is 0 Å². The number of benzene rings is 2. The summed E-state index contributed by atoms with van der Waals surface area (Å²) in [6, 6.07) is 17.6. The SMILES string of the molecule is COc1cc(CN(C(=O)C(=Cc2cccnc2)NC(=O)c2ccccc2)C2CCCCC2)ccc1O. The summed E-state index contributed by atoms with van der Waals surface area (Å²) < 4.78 is 5.27. The number of rotatable bonds is 8. The molecule has 2 aromatic carbocycles. The highest BCUT2D eigenvalue weighted by Crippen LogP contribution is 2.30. The summed E-state index contributed by atoms with van der Waals surface area (Å²) in [5.74, 6) is -0.216. The molecule has 0 radical (unpaired) electrons. The number of pyridine rings is 1. The van der Waals surface area contributed by atoms with E-state index in [-0.39, 0.29) is 29.3 Å². The number of hydrogen-bond donors (Lipinski definition) is 2. The number of carbonyl (C=O) groups excluding carboxylic acids is 2. The fourth-order valence-corrected chi connectivity index (χ4v) is 4.49. The van der Waals surface area contributed by atoms with Gasteiger partial charge in [0.05, 0.1) is 7.11 Å². The minimum Gasteiger partial charge on any atom is -0.504 e. The molecule has 4 rings (SSSR count). The number of aromatic nitrogens is 1. The molecule has 2 N–H and O–H groups in total. The van der Waals surface area contributed by atoms with Gasteiger partial charge >= 0.3 is 0 Å². The second-order valence-electron chi connectivity index (χ2n) is 8.90. The summed E-state index contributed by atoms with van der Waals surface area (Å²) in [7, 11) is 1.50. The van der Waals surface area contributed by atoms with Gasteiger partial charge in [-0.15, -0.1) is 0 Å². The number of nitrogens with one attached hydrogen (secondary N) is 1. The van der Waals surface area contributed by atoms with E-state index < -0.39 is 0 Å². The van der Waals surface area contributed by atoms with E-state index >= 15 is 0 Å². The molecule has 1 fully saturated rings. The summed E-state index contributed by atoms with van der Waals surface area (Å²) in [5.41, 5.74) is 2.20. The van der Waals surface area contributed by atoms with E-state index in [4.69, 9.17) is 4.74 Å². The molecule has 3 aromatic rings. The van der Waals surface area contributed by atoms with Gasteiger partial charge in [-0.25, -0.2) is 0 Å². The number of ether oxygens (including phenoxy) is 1. The summed E-state index contributed by atoms with van der Waals surface area (Å²) in [6.07, 6.45) is 10.0. The van der Waals surface area contributed by atoms with Gasteiger partial charge < -0.3 is 20.1 Å². The van der Waals surface area contributed by atoms with E-state index in [9.17, 15) is 14.7 Å². The largest absolute Gasteiger partial charge is 0.504 e. The summed E-state index contributed by atoms with van der Waals surface area (Å²) in [4.78, 5) is 33.1. The van der Waals surface area contributed by atoms with Crippen molar-refractivity contribution in [2.24, 2.45) is 0 Å². The Hall–Kier alpha value is -4.13. The van der Waals surface area contributed by atoms with Crippen molar-refractivity contribution in [3.05, 3.63) is 95.4 Å². The average Bonchev–Trinajstić information content (AvgIpc) is 2.93. The van der Waals surface area contributed by atoms with Gasteiger partial charge in [-0.1, -0.05) is 49.6 Å². The van der Waals surface area contributed by atoms with Crippen molar-refractivity contribution in [3.63, 3.8) is 0 Å². The monoisotopic (exact) mass is 485 g/mol. The van der Waals surface area contributed by atoms with Gasteiger partial charge in [0.1, 0.15) is 5.70 Å². The number of phenols is 1. The van der Waals surface area contributed by atoms with Crippen molar-refractivity contribution in [1.82, 2.24) is 15.2 Å². The van der Waals surface area contributed by atoms with Crippen LogP contribution in [0, 0.1) is 0 Å². The predicted octanol–water partition coefficient (Wildman–Crippen LogP) is 4.93. The van der Waals surface area contributed by atoms with Gasteiger partial charge in [0.2, 0.25) is 0 Å². The number of phenolic OH excluding ortho intramolecular Hbond substituents is 1. The van der Waals surface area contributed by atoms with E-state index in [1.165, 1.54) is 7.11 Å². The molecule has 7 heteroatoms. The second kappa shape index (κ2) is 12.0. The first-order valence-electron chi connectivity index (χ1n) is 12.2. The van der Waals surface area contributed by atoms with Crippen molar-refractivity contribution in [1.29, 1.82) is 0 Å². The fourth-order valence-electron chi connectivity index (χ4n) is 4.49. The maximum absolute atomic E-state index is 14.1. The molecule has 0 spiro atoms. The first-order valence-corrected chi connectivity index (χ1v) is 12.2. The van der Waals surface area contributed by atoms with Gasteiger partial charge in [0.15, 0.2) is 11.5 Å². The van der Waals surface area contributed by atoms with E-state index in [1.807, 2.05) is 17.0 Å². The Morgan fingerprint density at radius 1 is 1.08 bits per heavy atom. The lowest BCUT2D eigenvalue weighted by molar-refractivity contribution is -0.131. The molecule has 1 aromatic heterocycles. The maximum atomic E-state index is 14.1. The van der Waals surface area contributed by atoms with Crippen LogP contribution >= 0.6 is 0 Å². The Morgan fingerprint density at radius 2 is 1.86 bits per heavy atom. The highest BCUT2D eigenvalue weighted by atomic mass is 16.5. The average molecular weight is 486 g/mol. The summed E-state index contributed by atoms with van der Waals surface area (Å²) in [5, 5.41) is 12.9. The van der Waals surface area contributed by atoms with Gasteiger partial charge in [-0.2, -0.15) is 0 Å². The highest BCUT2D eigenvalue weighted by Gasteiger charge is 2.29. The number of nitrogens with zero attached hydrogens (tertiary/aromatic N) is 2. The van der Waals surface area contributed by atoms with Crippen molar-refractivity contribution < 1.29 is 19.4 Å². The zero-order valence-corrected chi connectivity index (χ0v) is 20.4. The van der Waals surface area contributed by atoms with Crippen molar-refractivity contribution in [2.75, 3.05) is 7.11 Å². The number of methoxy groups -OCH3 is 1. The zero-order chi connectivity index (χ0) is 25.3. The number of hydrogen-bond acceptors (Lipinski definition) is 5. The van der Waals surface area contributed by atoms with Crippen LogP contribution < -0.4 is 10.1 Å². The van der Waals surface area contributed by atoms with E-state index in [2.05, 4.69) is 10.3 Å². The molecule has 0 atom stereocenters. The molecule has 1 aliphatic rings. The minimum atomic E-state index is -0.353. The third kappa shape index (κ3) is 6.30. The maximum Gasteiger partial charge on any atom is 0.270 e. The molecule has 1 saturated carbocycles. The van der Waals surface area contributed by atoms with Crippen LogP contribution in [-0.4, -0.2) is 40.0 Å². The topological polar surface area (TPSA) is 91.8 Å². The van der Waals surface area contributed by atoms with Crippen molar-refractivity contribution in [3.8, 4) is 11.5 Å². The van der Waals surface area contributed by atoms with Crippen LogP contribution in [0.25, 0.3) is 6.08 Å². The Morgan fingerprint density at radius 3 is 2.56 bits per heavy atom. The molecule has 0 bridgehead atoms. The van der Waals surface area contributed by atoms with Crippen LogP contribution in [0.1, 0.15) is 53.6 Å². The molecule has 0 unspecified atom stereocenters. The van der Waals surface area contributed by atoms with Crippen LogP contribution in [0.15, 0.2) is 78.8 Å². The third-order valence-corrected chi connectivity index (χ3v) is 6.38. The van der Waals surface area contributed by atoms with E-state index in [0.717, 1.165) is 37.7 Å². The smallest absolute Gasteiger partial charge is 0.270 e. The normalized spacial score (nSPS) is 14.2. The highest BCUT2D eigenvalue weighted by molar-refractivity contribution is 6.05. The first kappa shape index (κ1) is 25.0. The molecule has 7 nitrogen and oxygen atoms in total.